The molecule has 0 aliphatic carbocycles. The van der Waals surface area contributed by atoms with Crippen molar-refractivity contribution in [2.75, 3.05) is 6.54 Å². The highest BCUT2D eigenvalue weighted by molar-refractivity contribution is 6.62. The van der Waals surface area contributed by atoms with Crippen molar-refractivity contribution in [3.8, 4) is 5.75 Å². The number of likely N-dealkylation sites (tertiary alicyclic amines) is 1. The number of amides is 1. The highest BCUT2D eigenvalue weighted by Gasteiger charge is 2.51. The van der Waals surface area contributed by atoms with Gasteiger partial charge in [0.05, 0.1) is 17.3 Å². The second-order valence-electron chi connectivity index (χ2n) is 9.78. The van der Waals surface area contributed by atoms with Gasteiger partial charge in [0.2, 0.25) is 0 Å². The minimum Gasteiger partial charge on any atom is -0.489 e. The van der Waals surface area contributed by atoms with Gasteiger partial charge in [0, 0.05) is 12.1 Å². The molecule has 4 rings (SSSR count). The lowest BCUT2D eigenvalue weighted by Gasteiger charge is -2.32. The Kier molecular flexibility index (Phi) is 6.46. The van der Waals surface area contributed by atoms with Gasteiger partial charge in [-0.3, -0.25) is 4.79 Å². The van der Waals surface area contributed by atoms with Gasteiger partial charge < -0.3 is 29.2 Å². The number of aliphatic hydroxyl groups excluding tert-OH is 1. The molecule has 0 bridgehead atoms. The number of rotatable bonds is 6. The molecule has 2 atom stereocenters. The molecule has 2 fully saturated rings. The van der Waals surface area contributed by atoms with E-state index in [1.165, 1.54) is 4.90 Å². The first-order valence-corrected chi connectivity index (χ1v) is 11.4. The van der Waals surface area contributed by atoms with Crippen LogP contribution in [0.25, 0.3) is 0 Å². The monoisotopic (exact) mass is 467 g/mol. The van der Waals surface area contributed by atoms with Crippen molar-refractivity contribution in [1.82, 2.24) is 4.90 Å². The Balaban J connectivity index is 1.39. The van der Waals surface area contributed by atoms with E-state index >= 15 is 0 Å². The topological polar surface area (TPSA) is 106 Å². The molecule has 0 spiro atoms. The zero-order chi connectivity index (χ0) is 24.7. The summed E-state index contributed by atoms with van der Waals surface area (Å²) >= 11 is 0. The molecule has 2 aliphatic rings. The van der Waals surface area contributed by atoms with Gasteiger partial charge in [0.1, 0.15) is 12.4 Å². The van der Waals surface area contributed by atoms with Gasteiger partial charge in [-0.05, 0) is 69.4 Å². The number of aliphatic hydroxyl groups is 1. The van der Waals surface area contributed by atoms with Gasteiger partial charge in [-0.25, -0.2) is 4.79 Å². The van der Waals surface area contributed by atoms with E-state index in [0.717, 1.165) is 11.0 Å². The summed E-state index contributed by atoms with van der Waals surface area (Å²) in [5.74, 6) is -0.968. The molecule has 2 N–H and O–H groups in total. The summed E-state index contributed by atoms with van der Waals surface area (Å²) in [6, 6.07) is 13.2. The second-order valence-corrected chi connectivity index (χ2v) is 9.78. The third-order valence-corrected chi connectivity index (χ3v) is 6.86. The summed E-state index contributed by atoms with van der Waals surface area (Å²) in [6.45, 7) is 8.48. The molecule has 2 aromatic rings. The summed E-state index contributed by atoms with van der Waals surface area (Å²) in [5.41, 5.74) is 1.21. The lowest BCUT2D eigenvalue weighted by atomic mass is 9.79. The number of hydrogen-bond acceptors (Lipinski definition) is 6. The van der Waals surface area contributed by atoms with Crippen LogP contribution in [0.4, 0.5) is 0 Å². The van der Waals surface area contributed by atoms with E-state index in [2.05, 4.69) is 0 Å². The molecular formula is C25H30BNO7. The van der Waals surface area contributed by atoms with Crippen molar-refractivity contribution >= 4 is 24.5 Å². The van der Waals surface area contributed by atoms with E-state index in [4.69, 9.17) is 14.0 Å². The van der Waals surface area contributed by atoms with E-state index in [1.54, 1.807) is 18.2 Å². The molecule has 8 nitrogen and oxygen atoms in total. The number of benzene rings is 2. The Morgan fingerprint density at radius 1 is 1.09 bits per heavy atom. The molecule has 0 unspecified atom stereocenters. The van der Waals surface area contributed by atoms with Crippen molar-refractivity contribution < 1.29 is 33.8 Å². The maximum absolute atomic E-state index is 12.9. The molecule has 0 aromatic heterocycles. The summed E-state index contributed by atoms with van der Waals surface area (Å²) in [7, 11) is -0.444. The fraction of sp³-hybridized carbons (Fsp3) is 0.440. The summed E-state index contributed by atoms with van der Waals surface area (Å²) in [5, 5.41) is 19.3. The molecule has 9 heteroatoms. The van der Waals surface area contributed by atoms with Gasteiger partial charge in [-0.1, -0.05) is 24.3 Å². The van der Waals surface area contributed by atoms with Crippen LogP contribution in [0.15, 0.2) is 48.5 Å². The minimum absolute atomic E-state index is 0.201. The highest BCUT2D eigenvalue weighted by Crippen LogP contribution is 2.36. The molecule has 0 saturated carbocycles. The van der Waals surface area contributed by atoms with E-state index in [9.17, 15) is 19.8 Å². The summed E-state index contributed by atoms with van der Waals surface area (Å²) < 4.78 is 18.0. The van der Waals surface area contributed by atoms with Crippen LogP contribution in [-0.4, -0.2) is 64.0 Å². The number of carbonyl (C=O) groups is 2. The van der Waals surface area contributed by atoms with Crippen molar-refractivity contribution in [3.63, 3.8) is 0 Å². The molecule has 2 heterocycles. The molecule has 180 valence electrons. The van der Waals surface area contributed by atoms with E-state index in [0.29, 0.717) is 11.3 Å². The molecule has 2 aliphatic heterocycles. The summed E-state index contributed by atoms with van der Waals surface area (Å²) in [4.78, 5) is 25.6. The minimum atomic E-state index is -1.23. The number of aliphatic carboxylic acids is 1. The molecule has 0 radical (unpaired) electrons. The number of ether oxygens (including phenoxy) is 1. The first-order valence-electron chi connectivity index (χ1n) is 11.4. The lowest BCUT2D eigenvalue weighted by Crippen LogP contribution is -2.45. The van der Waals surface area contributed by atoms with Crippen LogP contribution >= 0.6 is 0 Å². The fourth-order valence-electron chi connectivity index (χ4n) is 4.13. The average Bonchev–Trinajstić information content (AvgIpc) is 3.28. The largest absolute Gasteiger partial charge is 0.494 e. The Morgan fingerprint density at radius 2 is 1.74 bits per heavy atom. The standard InChI is InChI=1S/C25H30BNO7/c1-24(2)25(3,4)34-26(33-24)18-8-10-19(11-9-18)32-15-16-6-5-7-17(14-16)22(29)27-13-12-20(28)21(27)23(30)31/h5-11,14,20-21,28H,12-13,15H2,1-4H3,(H,30,31)/t20-,21-/m0/s1. The van der Waals surface area contributed by atoms with Crippen LogP contribution in [0, 0.1) is 0 Å². The second kappa shape index (κ2) is 9.05. The highest BCUT2D eigenvalue weighted by atomic mass is 16.7. The Bertz CT molecular complexity index is 1050. The first kappa shape index (κ1) is 24.3. The maximum Gasteiger partial charge on any atom is 0.494 e. The smallest absolute Gasteiger partial charge is 0.489 e. The molecule has 34 heavy (non-hydrogen) atoms. The SMILES string of the molecule is CC1(C)OB(c2ccc(OCc3cccc(C(=O)N4CC[C@H](O)[C@H]4C(=O)O)c3)cc2)OC1(C)C. The predicted molar refractivity (Wildman–Crippen MR) is 126 cm³/mol. The number of carbonyl (C=O) groups excluding carboxylic acids is 1. The number of carboxylic acid groups (broad SMARTS) is 1. The zero-order valence-electron chi connectivity index (χ0n) is 19.9. The first-order chi connectivity index (χ1) is 16.0. The summed E-state index contributed by atoms with van der Waals surface area (Å²) in [6.07, 6.45) is -0.818. The Hall–Kier alpha value is -2.88. The molecular weight excluding hydrogens is 437 g/mol. The number of hydrogen-bond donors (Lipinski definition) is 2. The van der Waals surface area contributed by atoms with E-state index < -0.39 is 42.3 Å². The lowest BCUT2D eigenvalue weighted by molar-refractivity contribution is -0.144. The Labute approximate surface area is 199 Å². The van der Waals surface area contributed by atoms with Crippen LogP contribution in [-0.2, 0) is 20.7 Å². The van der Waals surface area contributed by atoms with Crippen LogP contribution in [0.3, 0.4) is 0 Å². The van der Waals surface area contributed by atoms with Crippen molar-refractivity contribution in [3.05, 3.63) is 59.7 Å². The third-order valence-electron chi connectivity index (χ3n) is 6.86. The maximum atomic E-state index is 12.9. The third kappa shape index (κ3) is 4.68. The van der Waals surface area contributed by atoms with Gasteiger partial charge in [-0.15, -0.1) is 0 Å². The van der Waals surface area contributed by atoms with Crippen LogP contribution in [0.5, 0.6) is 5.75 Å². The van der Waals surface area contributed by atoms with Crippen molar-refractivity contribution in [1.29, 1.82) is 0 Å². The normalized spacial score (nSPS) is 23.2. The quantitative estimate of drug-likeness (QED) is 0.628. The molecule has 1 amide bonds. The van der Waals surface area contributed by atoms with E-state index in [-0.39, 0.29) is 19.6 Å². The number of nitrogens with zero attached hydrogens (tertiary/aromatic N) is 1. The van der Waals surface area contributed by atoms with Crippen LogP contribution in [0.1, 0.15) is 50.0 Å². The fourth-order valence-corrected chi connectivity index (χ4v) is 4.13. The van der Waals surface area contributed by atoms with Gasteiger partial charge >= 0.3 is 13.1 Å². The van der Waals surface area contributed by atoms with Gasteiger partial charge in [0.15, 0.2) is 6.04 Å². The Morgan fingerprint density at radius 3 is 2.35 bits per heavy atom. The molecule has 2 saturated heterocycles. The van der Waals surface area contributed by atoms with Crippen molar-refractivity contribution in [2.24, 2.45) is 0 Å². The predicted octanol–water partition coefficient (Wildman–Crippen LogP) is 2.22. The number of carboxylic acids is 1. The van der Waals surface area contributed by atoms with Crippen molar-refractivity contribution in [2.45, 2.75) is 64.1 Å². The zero-order valence-corrected chi connectivity index (χ0v) is 19.9. The average molecular weight is 467 g/mol. The molecule has 2 aromatic carbocycles. The van der Waals surface area contributed by atoms with Gasteiger partial charge in [0.25, 0.3) is 5.91 Å². The van der Waals surface area contributed by atoms with Crippen LogP contribution < -0.4 is 10.2 Å². The van der Waals surface area contributed by atoms with Crippen LogP contribution in [0.2, 0.25) is 0 Å². The van der Waals surface area contributed by atoms with Gasteiger partial charge in [-0.2, -0.15) is 0 Å². The van der Waals surface area contributed by atoms with E-state index in [1.807, 2.05) is 58.0 Å².